The Morgan fingerprint density at radius 2 is 1.72 bits per heavy atom. The normalized spacial score (nSPS) is 15.4. The van der Waals surface area contributed by atoms with Crippen molar-refractivity contribution in [3.8, 4) is 5.75 Å². The predicted octanol–water partition coefficient (Wildman–Crippen LogP) is 5.39. The second-order valence-electron chi connectivity index (χ2n) is 7.86. The van der Waals surface area contributed by atoms with Gasteiger partial charge in [0.2, 0.25) is 5.91 Å². The third kappa shape index (κ3) is 6.25. The van der Waals surface area contributed by atoms with Crippen molar-refractivity contribution in [2.75, 3.05) is 11.1 Å². The maximum atomic E-state index is 13.6. The molecule has 0 saturated heterocycles. The van der Waals surface area contributed by atoms with Crippen molar-refractivity contribution in [2.45, 2.75) is 62.6 Å². The fraction of sp³-hybridized carbons (Fsp3) is 0.435. The summed E-state index contributed by atoms with van der Waals surface area (Å²) in [5.41, 5.74) is -0.357. The monoisotopic (exact) mass is 469 g/mol. The molecule has 1 saturated carbocycles. The van der Waals surface area contributed by atoms with E-state index in [2.05, 4.69) is 5.32 Å². The number of hydrogen-bond donors (Lipinski definition) is 1. The first-order valence-corrected chi connectivity index (χ1v) is 12.2. The summed E-state index contributed by atoms with van der Waals surface area (Å²) in [7, 11) is -3.34. The number of alkyl halides is 3. The van der Waals surface area contributed by atoms with Gasteiger partial charge < -0.3 is 10.1 Å². The molecule has 2 aromatic carbocycles. The number of amides is 1. The van der Waals surface area contributed by atoms with Gasteiger partial charge in [-0.3, -0.25) is 4.79 Å². The number of carbonyl (C=O) groups is 1. The first-order valence-electron chi connectivity index (χ1n) is 10.6. The minimum atomic E-state index is -4.62. The molecule has 1 amide bonds. The lowest BCUT2D eigenvalue weighted by atomic mass is 9.97. The number of halogens is 3. The molecule has 0 aliphatic heterocycles. The molecule has 0 spiro atoms. The quantitative estimate of drug-likeness (QED) is 0.590. The SMILES string of the molecule is CCS(=O)(=O)c1ccc(CC(=O)Nc2ccc(OC3CCCCC3)c(C(F)(F)F)c2)cc1. The van der Waals surface area contributed by atoms with Crippen molar-refractivity contribution in [1.29, 1.82) is 0 Å². The van der Waals surface area contributed by atoms with Gasteiger partial charge in [-0.2, -0.15) is 13.2 Å². The Bertz CT molecular complexity index is 1040. The molecule has 9 heteroatoms. The molecule has 174 valence electrons. The fourth-order valence-corrected chi connectivity index (χ4v) is 4.55. The summed E-state index contributed by atoms with van der Waals surface area (Å²) in [5, 5.41) is 2.48. The van der Waals surface area contributed by atoms with Crippen molar-refractivity contribution in [3.63, 3.8) is 0 Å². The van der Waals surface area contributed by atoms with Crippen molar-refractivity contribution >= 4 is 21.4 Å². The number of carbonyl (C=O) groups excluding carboxylic acids is 1. The fourth-order valence-electron chi connectivity index (χ4n) is 3.67. The molecule has 3 rings (SSSR count). The van der Waals surface area contributed by atoms with Crippen LogP contribution in [0.2, 0.25) is 0 Å². The van der Waals surface area contributed by atoms with E-state index in [4.69, 9.17) is 4.74 Å². The largest absolute Gasteiger partial charge is 0.490 e. The lowest BCUT2D eigenvalue weighted by molar-refractivity contribution is -0.139. The van der Waals surface area contributed by atoms with Gasteiger partial charge in [-0.05, 0) is 61.6 Å². The van der Waals surface area contributed by atoms with Crippen LogP contribution in [0.25, 0.3) is 0 Å². The molecule has 0 aromatic heterocycles. The van der Waals surface area contributed by atoms with Gasteiger partial charge in [-0.1, -0.05) is 25.5 Å². The molecule has 1 fully saturated rings. The number of nitrogens with one attached hydrogen (secondary N) is 1. The van der Waals surface area contributed by atoms with Crippen LogP contribution < -0.4 is 10.1 Å². The molecule has 32 heavy (non-hydrogen) atoms. The Morgan fingerprint density at radius 1 is 1.06 bits per heavy atom. The van der Waals surface area contributed by atoms with Crippen LogP contribution in [0.4, 0.5) is 18.9 Å². The Labute approximate surface area is 185 Å². The molecule has 2 aromatic rings. The van der Waals surface area contributed by atoms with Crippen molar-refractivity contribution in [2.24, 2.45) is 0 Å². The average molecular weight is 470 g/mol. The van der Waals surface area contributed by atoms with Gasteiger partial charge in [0, 0.05) is 5.69 Å². The second kappa shape index (κ2) is 9.94. The van der Waals surface area contributed by atoms with Crippen molar-refractivity contribution < 1.29 is 31.1 Å². The van der Waals surface area contributed by atoms with E-state index in [9.17, 15) is 26.4 Å². The topological polar surface area (TPSA) is 72.5 Å². The molecule has 1 N–H and O–H groups in total. The first kappa shape index (κ1) is 24.1. The zero-order valence-electron chi connectivity index (χ0n) is 17.7. The van der Waals surface area contributed by atoms with E-state index in [0.717, 1.165) is 38.2 Å². The Morgan fingerprint density at radius 3 is 2.31 bits per heavy atom. The van der Waals surface area contributed by atoms with E-state index in [-0.39, 0.29) is 34.6 Å². The van der Waals surface area contributed by atoms with E-state index >= 15 is 0 Å². The molecule has 0 atom stereocenters. The zero-order valence-corrected chi connectivity index (χ0v) is 18.6. The smallest absolute Gasteiger partial charge is 0.420 e. The first-order chi connectivity index (χ1) is 15.1. The van der Waals surface area contributed by atoms with Crippen LogP contribution in [-0.4, -0.2) is 26.2 Å². The van der Waals surface area contributed by atoms with Gasteiger partial charge in [0.15, 0.2) is 9.84 Å². The highest BCUT2D eigenvalue weighted by Crippen LogP contribution is 2.39. The highest BCUT2D eigenvalue weighted by Gasteiger charge is 2.35. The second-order valence-corrected chi connectivity index (χ2v) is 10.1. The van der Waals surface area contributed by atoms with Crippen LogP contribution in [0.1, 0.15) is 50.2 Å². The van der Waals surface area contributed by atoms with Crippen LogP contribution in [0.5, 0.6) is 5.75 Å². The number of hydrogen-bond acceptors (Lipinski definition) is 4. The summed E-state index contributed by atoms with van der Waals surface area (Å²) >= 11 is 0. The lowest BCUT2D eigenvalue weighted by Crippen LogP contribution is -2.22. The summed E-state index contributed by atoms with van der Waals surface area (Å²) in [6, 6.07) is 9.39. The van der Waals surface area contributed by atoms with E-state index in [0.29, 0.717) is 5.56 Å². The standard InChI is InChI=1S/C23H26F3NO4S/c1-2-32(29,30)19-11-8-16(9-12-19)14-22(28)27-17-10-13-21(20(15-17)23(24,25)26)31-18-6-4-3-5-7-18/h8-13,15,18H,2-7,14H2,1H3,(H,27,28). The molecule has 1 aliphatic rings. The van der Waals surface area contributed by atoms with Crippen LogP contribution in [0.15, 0.2) is 47.4 Å². The molecule has 1 aliphatic carbocycles. The van der Waals surface area contributed by atoms with Crippen LogP contribution >= 0.6 is 0 Å². The van der Waals surface area contributed by atoms with E-state index in [1.54, 1.807) is 0 Å². The van der Waals surface area contributed by atoms with Crippen molar-refractivity contribution in [1.82, 2.24) is 0 Å². The Hall–Kier alpha value is -2.55. The highest BCUT2D eigenvalue weighted by molar-refractivity contribution is 7.91. The summed E-state index contributed by atoms with van der Waals surface area (Å²) < 4.78 is 70.1. The number of anilines is 1. The average Bonchev–Trinajstić information content (AvgIpc) is 2.75. The van der Waals surface area contributed by atoms with E-state index in [1.807, 2.05) is 0 Å². The van der Waals surface area contributed by atoms with Gasteiger partial charge in [0.05, 0.1) is 28.7 Å². The summed E-state index contributed by atoms with van der Waals surface area (Å²) in [5.74, 6) is -0.769. The minimum Gasteiger partial charge on any atom is -0.490 e. The van der Waals surface area contributed by atoms with E-state index in [1.165, 1.54) is 43.3 Å². The van der Waals surface area contributed by atoms with Gasteiger partial charge in [0.1, 0.15) is 5.75 Å². The number of benzene rings is 2. The molecule has 0 radical (unpaired) electrons. The molecule has 0 unspecified atom stereocenters. The molecule has 0 heterocycles. The summed E-state index contributed by atoms with van der Waals surface area (Å²) in [4.78, 5) is 12.5. The van der Waals surface area contributed by atoms with Crippen LogP contribution in [-0.2, 0) is 27.2 Å². The summed E-state index contributed by atoms with van der Waals surface area (Å²) in [6.07, 6.45) is -0.558. The minimum absolute atomic E-state index is 0.0171. The molecule has 0 bridgehead atoms. The number of sulfone groups is 1. The Kier molecular flexibility index (Phi) is 7.48. The van der Waals surface area contributed by atoms with Gasteiger partial charge in [-0.25, -0.2) is 8.42 Å². The third-order valence-electron chi connectivity index (χ3n) is 5.44. The third-order valence-corrected chi connectivity index (χ3v) is 7.19. The van der Waals surface area contributed by atoms with Gasteiger partial charge in [0.25, 0.3) is 0 Å². The molecule has 5 nitrogen and oxygen atoms in total. The van der Waals surface area contributed by atoms with Gasteiger partial charge >= 0.3 is 6.18 Å². The maximum Gasteiger partial charge on any atom is 0.420 e. The maximum absolute atomic E-state index is 13.6. The molecular weight excluding hydrogens is 443 g/mol. The predicted molar refractivity (Wildman–Crippen MR) is 115 cm³/mol. The highest BCUT2D eigenvalue weighted by atomic mass is 32.2. The molecular formula is C23H26F3NO4S. The van der Waals surface area contributed by atoms with E-state index < -0.39 is 27.5 Å². The lowest BCUT2D eigenvalue weighted by Gasteiger charge is -2.25. The van der Waals surface area contributed by atoms with Gasteiger partial charge in [-0.15, -0.1) is 0 Å². The zero-order chi connectivity index (χ0) is 23.4. The van der Waals surface area contributed by atoms with Crippen molar-refractivity contribution in [3.05, 3.63) is 53.6 Å². The number of rotatable bonds is 7. The van der Waals surface area contributed by atoms with Crippen LogP contribution in [0.3, 0.4) is 0 Å². The summed E-state index contributed by atoms with van der Waals surface area (Å²) in [6.45, 7) is 1.54. The number of ether oxygens (including phenoxy) is 1. The van der Waals surface area contributed by atoms with Crippen LogP contribution in [0, 0.1) is 0 Å². The Balaban J connectivity index is 1.70.